The van der Waals surface area contributed by atoms with Crippen molar-refractivity contribution in [2.75, 3.05) is 42.5 Å². The molecule has 1 atom stereocenters. The van der Waals surface area contributed by atoms with Crippen molar-refractivity contribution in [2.24, 2.45) is 0 Å². The van der Waals surface area contributed by atoms with Gasteiger partial charge in [0.05, 0.1) is 17.2 Å². The highest BCUT2D eigenvalue weighted by atomic mass is 16.2. The van der Waals surface area contributed by atoms with Gasteiger partial charge in [-0.2, -0.15) is 0 Å². The van der Waals surface area contributed by atoms with Gasteiger partial charge in [0.1, 0.15) is 0 Å². The molecule has 3 aromatic rings. The average Bonchev–Trinajstić information content (AvgIpc) is 2.89. The molecule has 1 unspecified atom stereocenters. The van der Waals surface area contributed by atoms with Gasteiger partial charge in [0, 0.05) is 51.7 Å². The highest BCUT2D eigenvalue weighted by Crippen LogP contribution is 2.23. The Bertz CT molecular complexity index is 1200. The largest absolute Gasteiger partial charge is 0.352 e. The first-order valence-corrected chi connectivity index (χ1v) is 12.2. The number of rotatable bonds is 5. The lowest BCUT2D eigenvalue weighted by molar-refractivity contribution is -0.131. The molecule has 0 radical (unpaired) electrons. The number of carbonyl (C=O) groups is 1. The summed E-state index contributed by atoms with van der Waals surface area (Å²) in [6.07, 6.45) is 5.49. The first-order valence-electron chi connectivity index (χ1n) is 12.2. The highest BCUT2D eigenvalue weighted by Gasteiger charge is 2.24. The predicted octanol–water partition coefficient (Wildman–Crippen LogP) is 2.30. The van der Waals surface area contributed by atoms with Crippen LogP contribution in [-0.4, -0.2) is 69.3 Å². The van der Waals surface area contributed by atoms with Gasteiger partial charge in [0.25, 0.3) is 5.56 Å². The molecule has 0 N–H and O–H groups in total. The predicted molar refractivity (Wildman–Crippen MR) is 132 cm³/mol. The Morgan fingerprint density at radius 3 is 2.50 bits per heavy atom. The van der Waals surface area contributed by atoms with Gasteiger partial charge >= 0.3 is 0 Å². The molecule has 9 nitrogen and oxygen atoms in total. The van der Waals surface area contributed by atoms with Gasteiger partial charge in [-0.05, 0) is 50.5 Å². The molecule has 2 fully saturated rings. The number of para-hydroxylation sites is 1. The van der Waals surface area contributed by atoms with Crippen molar-refractivity contribution in [3.8, 4) is 0 Å². The van der Waals surface area contributed by atoms with E-state index in [1.165, 1.54) is 30.2 Å². The van der Waals surface area contributed by atoms with E-state index in [0.717, 1.165) is 31.3 Å². The SMILES string of the molecule is CC1CCCCN1c1ccc(N2CCN(C(=O)CCn3cnc4ccccc4c3=O)CC2)nn1. The zero-order valence-electron chi connectivity index (χ0n) is 19.6. The Kier molecular flexibility index (Phi) is 6.42. The van der Waals surface area contributed by atoms with Gasteiger partial charge in [-0.25, -0.2) is 4.98 Å². The lowest BCUT2D eigenvalue weighted by Crippen LogP contribution is -2.49. The number of aromatic nitrogens is 4. The number of hydrogen-bond acceptors (Lipinski definition) is 7. The van der Waals surface area contributed by atoms with Gasteiger partial charge < -0.3 is 14.7 Å². The van der Waals surface area contributed by atoms with Crippen LogP contribution in [-0.2, 0) is 11.3 Å². The van der Waals surface area contributed by atoms with E-state index in [4.69, 9.17) is 0 Å². The van der Waals surface area contributed by atoms with Crippen LogP contribution in [0.2, 0.25) is 0 Å². The number of carbonyl (C=O) groups excluding carboxylic acids is 1. The number of nitrogens with zero attached hydrogens (tertiary/aromatic N) is 7. The van der Waals surface area contributed by atoms with E-state index in [-0.39, 0.29) is 17.9 Å². The molecule has 9 heteroatoms. The summed E-state index contributed by atoms with van der Waals surface area (Å²) < 4.78 is 1.52. The molecule has 1 amide bonds. The van der Waals surface area contributed by atoms with Crippen molar-refractivity contribution in [1.29, 1.82) is 0 Å². The fraction of sp³-hybridized carbons (Fsp3) is 0.480. The molecule has 34 heavy (non-hydrogen) atoms. The Hall–Kier alpha value is -3.49. The number of piperazine rings is 1. The molecular weight excluding hydrogens is 430 g/mol. The van der Waals surface area contributed by atoms with Crippen LogP contribution in [0.5, 0.6) is 0 Å². The van der Waals surface area contributed by atoms with Gasteiger partial charge in [-0.3, -0.25) is 14.2 Å². The Labute approximate surface area is 199 Å². The minimum absolute atomic E-state index is 0.0558. The number of aryl methyl sites for hydroxylation is 1. The van der Waals surface area contributed by atoms with Crippen molar-refractivity contribution in [3.05, 3.63) is 53.1 Å². The Morgan fingerprint density at radius 1 is 0.971 bits per heavy atom. The fourth-order valence-corrected chi connectivity index (χ4v) is 4.90. The standard InChI is InChI=1S/C25H31N7O2/c1-19-6-4-5-12-32(19)23-10-9-22(27-28-23)29-14-16-30(17-15-29)24(33)11-13-31-18-26-21-8-3-2-7-20(21)25(31)34/h2-3,7-10,18-19H,4-6,11-17H2,1H3. The van der Waals surface area contributed by atoms with E-state index in [9.17, 15) is 9.59 Å². The second-order valence-corrected chi connectivity index (χ2v) is 9.17. The second kappa shape index (κ2) is 9.79. The number of fused-ring (bicyclic) bond motifs is 1. The molecule has 2 aromatic heterocycles. The van der Waals surface area contributed by atoms with E-state index in [1.54, 1.807) is 6.07 Å². The van der Waals surface area contributed by atoms with E-state index in [1.807, 2.05) is 29.2 Å². The molecule has 2 aliphatic rings. The van der Waals surface area contributed by atoms with Crippen LogP contribution in [0, 0.1) is 0 Å². The van der Waals surface area contributed by atoms with Gasteiger partial charge in [0.2, 0.25) is 5.91 Å². The summed E-state index contributed by atoms with van der Waals surface area (Å²) in [6, 6.07) is 11.9. The summed E-state index contributed by atoms with van der Waals surface area (Å²) in [6.45, 7) is 6.33. The van der Waals surface area contributed by atoms with Crippen LogP contribution in [0.25, 0.3) is 10.9 Å². The molecule has 2 aliphatic heterocycles. The fourth-order valence-electron chi connectivity index (χ4n) is 4.90. The second-order valence-electron chi connectivity index (χ2n) is 9.17. The first kappa shape index (κ1) is 22.3. The van der Waals surface area contributed by atoms with E-state index < -0.39 is 0 Å². The number of hydrogen-bond donors (Lipinski definition) is 0. The molecule has 0 spiro atoms. The topological polar surface area (TPSA) is 87.5 Å². The normalized spacial score (nSPS) is 19.0. The Morgan fingerprint density at radius 2 is 1.74 bits per heavy atom. The third-order valence-electron chi connectivity index (χ3n) is 6.99. The molecule has 178 valence electrons. The smallest absolute Gasteiger partial charge is 0.261 e. The summed E-state index contributed by atoms with van der Waals surface area (Å²) in [7, 11) is 0. The summed E-state index contributed by atoms with van der Waals surface area (Å²) in [4.78, 5) is 36.1. The van der Waals surface area contributed by atoms with Crippen molar-refractivity contribution >= 4 is 28.4 Å². The van der Waals surface area contributed by atoms with Crippen LogP contribution in [0.15, 0.2) is 47.5 Å². The maximum absolute atomic E-state index is 12.8. The molecule has 2 saturated heterocycles. The molecule has 0 aliphatic carbocycles. The number of piperidine rings is 1. The molecule has 5 rings (SSSR count). The average molecular weight is 462 g/mol. The summed E-state index contributed by atoms with van der Waals surface area (Å²) in [5, 5.41) is 9.55. The maximum atomic E-state index is 12.8. The quantitative estimate of drug-likeness (QED) is 0.576. The van der Waals surface area contributed by atoms with E-state index in [2.05, 4.69) is 38.0 Å². The first-order chi connectivity index (χ1) is 16.6. The van der Waals surface area contributed by atoms with Crippen LogP contribution in [0.1, 0.15) is 32.6 Å². The van der Waals surface area contributed by atoms with Crippen molar-refractivity contribution in [3.63, 3.8) is 0 Å². The van der Waals surface area contributed by atoms with Gasteiger partial charge in [0.15, 0.2) is 11.6 Å². The lowest BCUT2D eigenvalue weighted by Gasteiger charge is -2.36. The van der Waals surface area contributed by atoms with Crippen molar-refractivity contribution < 1.29 is 4.79 Å². The van der Waals surface area contributed by atoms with Crippen LogP contribution in [0.4, 0.5) is 11.6 Å². The lowest BCUT2D eigenvalue weighted by atomic mass is 10.0. The van der Waals surface area contributed by atoms with Crippen molar-refractivity contribution in [1.82, 2.24) is 24.6 Å². The molecule has 1 aromatic carbocycles. The molecule has 0 bridgehead atoms. The van der Waals surface area contributed by atoms with Crippen LogP contribution >= 0.6 is 0 Å². The monoisotopic (exact) mass is 461 g/mol. The molecule has 0 saturated carbocycles. The third kappa shape index (κ3) is 4.60. The highest BCUT2D eigenvalue weighted by molar-refractivity contribution is 5.78. The van der Waals surface area contributed by atoms with Crippen LogP contribution < -0.4 is 15.4 Å². The summed E-state index contributed by atoms with van der Waals surface area (Å²) in [5.74, 6) is 1.86. The number of amides is 1. The third-order valence-corrected chi connectivity index (χ3v) is 6.99. The van der Waals surface area contributed by atoms with Gasteiger partial charge in [-0.15, -0.1) is 10.2 Å². The van der Waals surface area contributed by atoms with E-state index in [0.29, 0.717) is 36.6 Å². The van der Waals surface area contributed by atoms with E-state index >= 15 is 0 Å². The molecule has 4 heterocycles. The number of anilines is 2. The number of benzene rings is 1. The summed E-state index contributed by atoms with van der Waals surface area (Å²) in [5.41, 5.74) is 0.567. The zero-order valence-corrected chi connectivity index (χ0v) is 19.6. The van der Waals surface area contributed by atoms with Crippen LogP contribution in [0.3, 0.4) is 0 Å². The minimum Gasteiger partial charge on any atom is -0.352 e. The minimum atomic E-state index is -0.107. The van der Waals surface area contributed by atoms with Gasteiger partial charge in [-0.1, -0.05) is 12.1 Å². The zero-order chi connectivity index (χ0) is 23.5. The summed E-state index contributed by atoms with van der Waals surface area (Å²) >= 11 is 0. The Balaban J connectivity index is 1.14. The molecular formula is C25H31N7O2. The maximum Gasteiger partial charge on any atom is 0.261 e. The van der Waals surface area contributed by atoms with Crippen molar-refractivity contribution in [2.45, 2.75) is 45.2 Å².